The Labute approximate surface area is 227 Å². The first-order valence-corrected chi connectivity index (χ1v) is 13.7. The second kappa shape index (κ2) is 9.96. The normalized spacial score (nSPS) is 27.7. The molecule has 0 amide bonds. The van der Waals surface area contributed by atoms with E-state index in [-0.39, 0.29) is 47.1 Å². The van der Waals surface area contributed by atoms with Gasteiger partial charge in [0.2, 0.25) is 11.9 Å². The van der Waals surface area contributed by atoms with E-state index in [4.69, 9.17) is 25.5 Å². The SMILES string of the molecule is Nc1nc2c(ncn2C2CC(C(OP(=O)(O)O)C3OC(n4cnc5c(=O)[nH]c(N)nc54)CC3O)C(CO)O2)c(=O)[nH]1. The van der Waals surface area contributed by atoms with Gasteiger partial charge in [-0.2, -0.15) is 9.97 Å². The first-order chi connectivity index (χ1) is 19.4. The van der Waals surface area contributed by atoms with Crippen molar-refractivity contribution in [2.24, 2.45) is 5.92 Å². The fourth-order valence-corrected chi connectivity index (χ4v) is 6.03. The lowest BCUT2D eigenvalue weighted by molar-refractivity contribution is -0.111. The molecule has 0 radical (unpaired) electrons. The summed E-state index contributed by atoms with van der Waals surface area (Å²) in [6.07, 6.45) is -4.64. The average molecular weight is 596 g/mol. The number of nitrogen functional groups attached to an aromatic ring is 2. The van der Waals surface area contributed by atoms with Gasteiger partial charge >= 0.3 is 7.82 Å². The van der Waals surface area contributed by atoms with Gasteiger partial charge in [-0.1, -0.05) is 0 Å². The number of ether oxygens (including phenoxy) is 2. The van der Waals surface area contributed by atoms with Crippen LogP contribution in [0.1, 0.15) is 25.3 Å². The van der Waals surface area contributed by atoms with E-state index in [1.165, 1.54) is 21.8 Å². The standard InChI is InChI=1S/C20H25N10O10P/c21-19-25-15-11(17(33)27-19)23-4-29(15)9-1-6(8(3-31)38-9)13(40-41(35,36)37)14-7(32)2-10(39-14)30-5-24-12-16(30)26-20(22)28-18(12)34/h4-10,13-14,31-32H,1-3H2,(H2,35,36,37)(H3,21,25,27,33)(H3,22,26,28,34). The molecule has 0 bridgehead atoms. The molecule has 0 aliphatic carbocycles. The van der Waals surface area contributed by atoms with Crippen molar-refractivity contribution in [3.8, 4) is 0 Å². The first kappa shape index (κ1) is 27.4. The van der Waals surface area contributed by atoms with Gasteiger partial charge in [-0.05, 0) is 0 Å². The maximum Gasteiger partial charge on any atom is 0.469 e. The number of phosphoric acid groups is 1. The Kier molecular flexibility index (Phi) is 6.66. The van der Waals surface area contributed by atoms with E-state index in [1.807, 2.05) is 0 Å². The van der Waals surface area contributed by atoms with E-state index in [1.54, 1.807) is 0 Å². The summed E-state index contributed by atoms with van der Waals surface area (Å²) in [5.74, 6) is -1.28. The summed E-state index contributed by atoms with van der Waals surface area (Å²) in [7, 11) is -5.17. The zero-order valence-corrected chi connectivity index (χ0v) is 21.7. The first-order valence-electron chi connectivity index (χ1n) is 12.2. The van der Waals surface area contributed by atoms with Gasteiger partial charge in [-0.25, -0.2) is 14.5 Å². The smallest absolute Gasteiger partial charge is 0.394 e. The molecule has 20 nitrogen and oxygen atoms in total. The third-order valence-corrected chi connectivity index (χ3v) is 7.64. The number of aromatic amines is 2. The van der Waals surface area contributed by atoms with Crippen LogP contribution in [0.3, 0.4) is 0 Å². The number of nitrogens with two attached hydrogens (primary N) is 2. The van der Waals surface area contributed by atoms with Crippen LogP contribution < -0.4 is 22.6 Å². The molecule has 2 aliphatic heterocycles. The van der Waals surface area contributed by atoms with Crippen LogP contribution in [0.4, 0.5) is 11.9 Å². The van der Waals surface area contributed by atoms with Gasteiger partial charge in [0.15, 0.2) is 22.3 Å². The lowest BCUT2D eigenvalue weighted by Crippen LogP contribution is -2.44. The van der Waals surface area contributed by atoms with Crippen LogP contribution in [-0.4, -0.2) is 90.1 Å². The Balaban J connectivity index is 1.33. The zero-order chi connectivity index (χ0) is 29.2. The van der Waals surface area contributed by atoms with Crippen LogP contribution in [0.25, 0.3) is 22.3 Å². The van der Waals surface area contributed by atoms with Crippen LogP contribution in [0.5, 0.6) is 0 Å². The minimum atomic E-state index is -5.17. The van der Waals surface area contributed by atoms with Gasteiger partial charge in [0.1, 0.15) is 24.7 Å². The van der Waals surface area contributed by atoms with Crippen LogP contribution in [0.2, 0.25) is 0 Å². The van der Waals surface area contributed by atoms with Crippen molar-refractivity contribution in [2.45, 2.75) is 49.7 Å². The lowest BCUT2D eigenvalue weighted by atomic mass is 9.89. The summed E-state index contributed by atoms with van der Waals surface area (Å²) >= 11 is 0. The van der Waals surface area contributed by atoms with Crippen molar-refractivity contribution in [3.63, 3.8) is 0 Å². The highest BCUT2D eigenvalue weighted by atomic mass is 31.2. The van der Waals surface area contributed by atoms with Crippen molar-refractivity contribution >= 4 is 42.0 Å². The van der Waals surface area contributed by atoms with Crippen molar-refractivity contribution in [3.05, 3.63) is 33.4 Å². The second-order valence-corrected chi connectivity index (χ2v) is 10.9. The third-order valence-electron chi connectivity index (χ3n) is 7.13. The molecule has 7 atom stereocenters. The number of aliphatic hydroxyl groups excluding tert-OH is 2. The fraction of sp³-hybridized carbons (Fsp3) is 0.500. The van der Waals surface area contributed by atoms with Crippen molar-refractivity contribution < 1.29 is 38.6 Å². The van der Waals surface area contributed by atoms with E-state index in [0.29, 0.717) is 0 Å². The molecule has 220 valence electrons. The predicted octanol–water partition coefficient (Wildman–Crippen LogP) is -2.56. The number of H-pyrrole nitrogens is 2. The van der Waals surface area contributed by atoms with E-state index in [0.717, 1.165) is 0 Å². The molecule has 0 spiro atoms. The van der Waals surface area contributed by atoms with Crippen LogP contribution in [-0.2, 0) is 18.6 Å². The Morgan fingerprint density at radius 1 is 1.00 bits per heavy atom. The molecule has 4 aromatic heterocycles. The van der Waals surface area contributed by atoms with E-state index < -0.39 is 68.3 Å². The number of hydrogen-bond acceptors (Lipinski definition) is 14. The summed E-state index contributed by atoms with van der Waals surface area (Å²) in [6, 6.07) is 0. The van der Waals surface area contributed by atoms with Gasteiger partial charge in [-0.3, -0.25) is 33.2 Å². The molecule has 6 rings (SSSR count). The number of anilines is 2. The quantitative estimate of drug-likeness (QED) is 0.102. The average Bonchev–Trinajstić information content (AvgIpc) is 3.66. The maximum absolute atomic E-state index is 12.2. The highest BCUT2D eigenvalue weighted by Crippen LogP contribution is 2.48. The molecular formula is C20H25N10O10P. The van der Waals surface area contributed by atoms with Gasteiger partial charge < -0.3 is 40.9 Å². The Morgan fingerprint density at radius 2 is 1.54 bits per heavy atom. The molecule has 10 N–H and O–H groups in total. The monoisotopic (exact) mass is 596 g/mol. The fourth-order valence-electron chi connectivity index (χ4n) is 5.44. The molecule has 2 aliphatic rings. The topological polar surface area (TPSA) is 305 Å². The Morgan fingerprint density at radius 3 is 2.05 bits per heavy atom. The van der Waals surface area contributed by atoms with Crippen LogP contribution in [0, 0.1) is 5.92 Å². The van der Waals surface area contributed by atoms with Gasteiger partial charge in [0.25, 0.3) is 11.1 Å². The Bertz CT molecular complexity index is 1780. The number of hydrogen-bond donors (Lipinski definition) is 8. The number of aromatic nitrogens is 8. The number of aliphatic hydroxyl groups is 2. The van der Waals surface area contributed by atoms with Crippen LogP contribution in [0.15, 0.2) is 22.2 Å². The second-order valence-electron chi connectivity index (χ2n) is 9.68. The largest absolute Gasteiger partial charge is 0.469 e. The minimum Gasteiger partial charge on any atom is -0.394 e. The van der Waals surface area contributed by atoms with E-state index in [9.17, 15) is 34.2 Å². The van der Waals surface area contributed by atoms with Crippen molar-refractivity contribution in [2.75, 3.05) is 18.1 Å². The number of imidazole rings is 2. The summed E-state index contributed by atoms with van der Waals surface area (Å²) in [4.78, 5) is 64.8. The predicted molar refractivity (Wildman–Crippen MR) is 136 cm³/mol. The number of nitrogens with zero attached hydrogens (tertiary/aromatic N) is 6. The molecule has 2 fully saturated rings. The highest BCUT2D eigenvalue weighted by molar-refractivity contribution is 7.46. The molecule has 2 saturated heterocycles. The van der Waals surface area contributed by atoms with Crippen LogP contribution >= 0.6 is 7.82 Å². The van der Waals surface area contributed by atoms with Crippen molar-refractivity contribution in [1.82, 2.24) is 39.0 Å². The van der Waals surface area contributed by atoms with Gasteiger partial charge in [-0.15, -0.1) is 0 Å². The molecule has 21 heteroatoms. The molecule has 0 aromatic carbocycles. The summed E-state index contributed by atoms with van der Waals surface area (Å²) in [5, 5.41) is 21.1. The molecule has 0 saturated carbocycles. The van der Waals surface area contributed by atoms with E-state index >= 15 is 0 Å². The van der Waals surface area contributed by atoms with Gasteiger partial charge in [0.05, 0.1) is 31.5 Å². The van der Waals surface area contributed by atoms with Gasteiger partial charge in [0, 0.05) is 18.8 Å². The number of phosphoric ester groups is 1. The minimum absolute atomic E-state index is 0.0194. The summed E-state index contributed by atoms with van der Waals surface area (Å²) in [5.41, 5.74) is 10.3. The zero-order valence-electron chi connectivity index (χ0n) is 20.8. The van der Waals surface area contributed by atoms with E-state index in [2.05, 4.69) is 29.9 Å². The molecular weight excluding hydrogens is 571 g/mol. The summed E-state index contributed by atoms with van der Waals surface area (Å²) in [6.45, 7) is -0.588. The lowest BCUT2D eigenvalue weighted by Gasteiger charge is -2.32. The molecule has 6 heterocycles. The maximum atomic E-state index is 12.2. The molecule has 41 heavy (non-hydrogen) atoms. The summed E-state index contributed by atoms with van der Waals surface area (Å²) < 4.78 is 32.0. The number of fused-ring (bicyclic) bond motifs is 2. The van der Waals surface area contributed by atoms with Crippen molar-refractivity contribution in [1.29, 1.82) is 0 Å². The number of rotatable bonds is 7. The molecule has 4 aromatic rings. The Hall–Kier alpha value is -3.75. The third kappa shape index (κ3) is 4.89. The highest BCUT2D eigenvalue weighted by Gasteiger charge is 2.51. The molecule has 7 unspecified atom stereocenters. The number of nitrogens with one attached hydrogen (secondary N) is 2.